The summed E-state index contributed by atoms with van der Waals surface area (Å²) in [6.07, 6.45) is 4.63. The zero-order valence-electron chi connectivity index (χ0n) is 16.4. The van der Waals surface area contributed by atoms with Crippen LogP contribution in [0.2, 0.25) is 0 Å². The van der Waals surface area contributed by atoms with Crippen LogP contribution < -0.4 is 20.5 Å². The second-order valence-electron chi connectivity index (χ2n) is 7.22. The maximum Gasteiger partial charge on any atom is 0.213 e. The molecule has 0 saturated carbocycles. The molecule has 1 atom stereocenters. The fourth-order valence-corrected chi connectivity index (χ4v) is 3.98. The number of pyridine rings is 3. The number of fused-ring (bicyclic) bond motifs is 1. The lowest BCUT2D eigenvalue weighted by molar-refractivity contribution is 0.122. The van der Waals surface area contributed by atoms with Gasteiger partial charge in [-0.15, -0.1) is 0 Å². The average Bonchev–Trinajstić information content (AvgIpc) is 3.33. The molecule has 2 aliphatic rings. The molecule has 5 heterocycles. The molecule has 3 aromatic heterocycles. The molecule has 8 nitrogen and oxygen atoms in total. The van der Waals surface area contributed by atoms with E-state index in [4.69, 9.17) is 19.4 Å². The molecule has 3 aromatic rings. The molecule has 150 valence electrons. The van der Waals surface area contributed by atoms with Crippen LogP contribution in [-0.2, 0) is 4.74 Å². The monoisotopic (exact) mass is 392 g/mol. The van der Waals surface area contributed by atoms with E-state index in [1.165, 1.54) is 0 Å². The van der Waals surface area contributed by atoms with Crippen molar-refractivity contribution < 1.29 is 9.47 Å². The van der Waals surface area contributed by atoms with E-state index in [1.807, 2.05) is 24.4 Å². The number of nitrogens with zero attached hydrogens (tertiary/aromatic N) is 4. The fraction of sp³-hybridized carbons (Fsp3) is 0.381. The molecule has 2 fully saturated rings. The first-order valence-corrected chi connectivity index (χ1v) is 9.94. The van der Waals surface area contributed by atoms with Crippen molar-refractivity contribution in [3.8, 4) is 17.0 Å². The van der Waals surface area contributed by atoms with Gasteiger partial charge < -0.3 is 14.4 Å². The van der Waals surface area contributed by atoms with Crippen molar-refractivity contribution in [2.75, 3.05) is 44.9 Å². The van der Waals surface area contributed by atoms with Crippen molar-refractivity contribution in [3.63, 3.8) is 0 Å². The van der Waals surface area contributed by atoms with Crippen LogP contribution in [0.25, 0.3) is 22.0 Å². The van der Waals surface area contributed by atoms with Crippen molar-refractivity contribution in [2.45, 2.75) is 12.5 Å². The summed E-state index contributed by atoms with van der Waals surface area (Å²) in [5.41, 5.74) is 10.6. The van der Waals surface area contributed by atoms with Crippen molar-refractivity contribution in [3.05, 3.63) is 42.4 Å². The molecule has 0 amide bonds. The van der Waals surface area contributed by atoms with Crippen molar-refractivity contribution in [1.29, 1.82) is 0 Å². The Labute approximate surface area is 169 Å². The van der Waals surface area contributed by atoms with Crippen LogP contribution in [0.5, 0.6) is 5.88 Å². The predicted molar refractivity (Wildman–Crippen MR) is 111 cm³/mol. The van der Waals surface area contributed by atoms with Crippen molar-refractivity contribution in [2.24, 2.45) is 0 Å². The molecule has 0 spiro atoms. The highest BCUT2D eigenvalue weighted by atomic mass is 16.5. The Morgan fingerprint density at radius 1 is 1.14 bits per heavy atom. The Balaban J connectivity index is 1.72. The Bertz CT molecular complexity index is 1020. The first-order chi connectivity index (χ1) is 14.3. The third-order valence-electron chi connectivity index (χ3n) is 5.50. The summed E-state index contributed by atoms with van der Waals surface area (Å²) in [6.45, 7) is 4.01. The zero-order valence-corrected chi connectivity index (χ0v) is 16.4. The topological polar surface area (TPSA) is 84.4 Å². The fourth-order valence-electron chi connectivity index (χ4n) is 3.98. The molecular formula is C21H24N6O2. The van der Waals surface area contributed by atoms with Gasteiger partial charge in [-0.1, -0.05) is 0 Å². The number of ether oxygens (including phenoxy) is 2. The van der Waals surface area contributed by atoms with Crippen molar-refractivity contribution >= 4 is 16.7 Å². The van der Waals surface area contributed by atoms with E-state index in [2.05, 4.69) is 26.8 Å². The van der Waals surface area contributed by atoms with Gasteiger partial charge in [0.1, 0.15) is 5.82 Å². The first-order valence-electron chi connectivity index (χ1n) is 9.94. The van der Waals surface area contributed by atoms with Gasteiger partial charge in [-0.25, -0.2) is 15.4 Å². The molecule has 8 heteroatoms. The van der Waals surface area contributed by atoms with Gasteiger partial charge in [-0.05, 0) is 35.7 Å². The maximum atomic E-state index is 5.53. The number of hydrogen-bond donors (Lipinski definition) is 2. The van der Waals surface area contributed by atoms with Gasteiger partial charge in [-0.2, -0.15) is 0 Å². The molecule has 2 aliphatic heterocycles. The standard InChI is InChI=1S/C21H24N6O2/c1-28-19-12-14(2-5-22-19)16-13-18(27-8-10-29-11-9-27)25-20-15(16)3-6-23-21(20)17-4-7-24-26-17/h2-3,5-6,12-13,17,24,26H,4,7-11H2,1H3. The molecule has 5 rings (SSSR count). The third-order valence-corrected chi connectivity index (χ3v) is 5.50. The molecule has 0 aliphatic carbocycles. The van der Waals surface area contributed by atoms with Crippen LogP contribution >= 0.6 is 0 Å². The van der Waals surface area contributed by atoms with Crippen LogP contribution in [0, 0.1) is 0 Å². The zero-order chi connectivity index (χ0) is 19.6. The van der Waals surface area contributed by atoms with E-state index >= 15 is 0 Å². The highest BCUT2D eigenvalue weighted by molar-refractivity contribution is 5.97. The lowest BCUT2D eigenvalue weighted by Crippen LogP contribution is -2.36. The summed E-state index contributed by atoms with van der Waals surface area (Å²) in [7, 11) is 1.64. The van der Waals surface area contributed by atoms with Gasteiger partial charge in [0.25, 0.3) is 0 Å². The van der Waals surface area contributed by atoms with E-state index in [-0.39, 0.29) is 6.04 Å². The third kappa shape index (κ3) is 3.50. The largest absolute Gasteiger partial charge is 0.481 e. The van der Waals surface area contributed by atoms with Gasteiger partial charge in [0.05, 0.1) is 37.6 Å². The highest BCUT2D eigenvalue weighted by Gasteiger charge is 2.23. The van der Waals surface area contributed by atoms with Crippen LogP contribution in [0.4, 0.5) is 5.82 Å². The normalized spacial score (nSPS) is 19.6. The van der Waals surface area contributed by atoms with Gasteiger partial charge >= 0.3 is 0 Å². The number of rotatable bonds is 4. The summed E-state index contributed by atoms with van der Waals surface area (Å²) in [6, 6.07) is 8.32. The number of methoxy groups -OCH3 is 1. The van der Waals surface area contributed by atoms with Crippen LogP contribution in [0.3, 0.4) is 0 Å². The smallest absolute Gasteiger partial charge is 0.213 e. The number of hydrogen-bond acceptors (Lipinski definition) is 8. The second-order valence-corrected chi connectivity index (χ2v) is 7.22. The Morgan fingerprint density at radius 3 is 2.79 bits per heavy atom. The summed E-state index contributed by atoms with van der Waals surface area (Å²) in [4.78, 5) is 16.3. The van der Waals surface area contributed by atoms with Gasteiger partial charge in [-0.3, -0.25) is 10.4 Å². The van der Waals surface area contributed by atoms with Crippen LogP contribution in [0.1, 0.15) is 18.2 Å². The molecular weight excluding hydrogens is 368 g/mol. The average molecular weight is 392 g/mol. The molecule has 0 radical (unpaired) electrons. The number of anilines is 1. The van der Waals surface area contributed by atoms with E-state index < -0.39 is 0 Å². The molecule has 2 saturated heterocycles. The van der Waals surface area contributed by atoms with Gasteiger partial charge in [0.15, 0.2) is 0 Å². The minimum absolute atomic E-state index is 0.144. The minimum Gasteiger partial charge on any atom is -0.481 e. The van der Waals surface area contributed by atoms with E-state index in [0.717, 1.165) is 59.6 Å². The SMILES string of the molecule is COc1cc(-c2cc(N3CCOCC3)nc3c(C4CCNN4)nccc23)ccn1. The summed E-state index contributed by atoms with van der Waals surface area (Å²) in [5, 5.41) is 1.08. The van der Waals surface area contributed by atoms with E-state index in [1.54, 1.807) is 13.3 Å². The number of hydrazine groups is 1. The quantitative estimate of drug-likeness (QED) is 0.698. The van der Waals surface area contributed by atoms with Crippen molar-refractivity contribution in [1.82, 2.24) is 25.8 Å². The minimum atomic E-state index is 0.144. The van der Waals surface area contributed by atoms with Crippen LogP contribution in [0.15, 0.2) is 36.7 Å². The maximum absolute atomic E-state index is 5.53. The second kappa shape index (κ2) is 7.90. The summed E-state index contributed by atoms with van der Waals surface area (Å²) < 4.78 is 10.9. The number of aromatic nitrogens is 3. The first kappa shape index (κ1) is 18.2. The highest BCUT2D eigenvalue weighted by Crippen LogP contribution is 2.35. The lowest BCUT2D eigenvalue weighted by atomic mass is 9.99. The predicted octanol–water partition coefficient (Wildman–Crippen LogP) is 2.08. The van der Waals surface area contributed by atoms with Gasteiger partial charge in [0, 0.05) is 43.5 Å². The van der Waals surface area contributed by atoms with E-state index in [0.29, 0.717) is 19.1 Å². The van der Waals surface area contributed by atoms with E-state index in [9.17, 15) is 0 Å². The molecule has 29 heavy (non-hydrogen) atoms. The Kier molecular flexibility index (Phi) is 4.97. The number of morpholine rings is 1. The molecule has 0 bridgehead atoms. The Morgan fingerprint density at radius 2 is 2.00 bits per heavy atom. The number of nitrogens with one attached hydrogen (secondary N) is 2. The Hall–Kier alpha value is -2.81. The lowest BCUT2D eigenvalue weighted by Gasteiger charge is -2.29. The van der Waals surface area contributed by atoms with Gasteiger partial charge in [0.2, 0.25) is 5.88 Å². The molecule has 0 aromatic carbocycles. The molecule has 2 N–H and O–H groups in total. The summed E-state index contributed by atoms with van der Waals surface area (Å²) in [5.74, 6) is 1.54. The molecule has 1 unspecified atom stereocenters. The van der Waals surface area contributed by atoms with Crippen LogP contribution in [-0.4, -0.2) is 54.9 Å². The summed E-state index contributed by atoms with van der Waals surface area (Å²) >= 11 is 0.